The monoisotopic (exact) mass is 264 g/mol. The van der Waals surface area contributed by atoms with Crippen LogP contribution in [-0.2, 0) is 13.5 Å². The number of likely N-dealkylation sites (N-methyl/N-ethyl adjacent to an activating group) is 1. The molecule has 108 valence electrons. The average molecular weight is 264 g/mol. The summed E-state index contributed by atoms with van der Waals surface area (Å²) in [6.45, 7) is 5.69. The molecule has 0 spiro atoms. The van der Waals surface area contributed by atoms with Crippen LogP contribution < -0.4 is 5.32 Å². The zero-order valence-electron chi connectivity index (χ0n) is 13.0. The van der Waals surface area contributed by atoms with E-state index in [4.69, 9.17) is 0 Å². The number of hydrogen-bond donors (Lipinski definition) is 1. The molecule has 0 aliphatic heterocycles. The summed E-state index contributed by atoms with van der Waals surface area (Å²) in [5.41, 5.74) is 2.83. The zero-order valence-corrected chi connectivity index (χ0v) is 13.0. The van der Waals surface area contributed by atoms with Gasteiger partial charge < -0.3 is 10.2 Å². The first-order valence-electron chi connectivity index (χ1n) is 7.40. The second-order valence-electron chi connectivity index (χ2n) is 6.39. The fraction of sp³-hybridized carbons (Fsp3) is 0.800. The Bertz CT molecular complexity index is 408. The molecule has 19 heavy (non-hydrogen) atoms. The summed E-state index contributed by atoms with van der Waals surface area (Å²) < 4.78 is 2.04. The van der Waals surface area contributed by atoms with E-state index < -0.39 is 0 Å². The van der Waals surface area contributed by atoms with Crippen LogP contribution in [0.5, 0.6) is 0 Å². The van der Waals surface area contributed by atoms with E-state index in [2.05, 4.69) is 56.5 Å². The second-order valence-corrected chi connectivity index (χ2v) is 6.39. The summed E-state index contributed by atoms with van der Waals surface area (Å²) in [4.78, 5) is 2.27. The molecule has 0 radical (unpaired) electrons. The molecule has 1 aliphatic rings. The van der Waals surface area contributed by atoms with Gasteiger partial charge in [0.2, 0.25) is 0 Å². The summed E-state index contributed by atoms with van der Waals surface area (Å²) >= 11 is 0. The molecule has 2 atom stereocenters. The first-order chi connectivity index (χ1) is 8.99. The molecular formula is C15H28N4. The van der Waals surface area contributed by atoms with Crippen molar-refractivity contribution in [2.45, 2.75) is 45.2 Å². The van der Waals surface area contributed by atoms with Gasteiger partial charge in [0.1, 0.15) is 0 Å². The highest BCUT2D eigenvalue weighted by Crippen LogP contribution is 2.30. The molecule has 1 N–H and O–H groups in total. The summed E-state index contributed by atoms with van der Waals surface area (Å²) in [5, 5.41) is 8.29. The van der Waals surface area contributed by atoms with E-state index in [1.54, 1.807) is 0 Å². The van der Waals surface area contributed by atoms with Gasteiger partial charge in [-0.1, -0.05) is 13.8 Å². The molecule has 1 heterocycles. The van der Waals surface area contributed by atoms with Gasteiger partial charge in [-0.05, 0) is 39.3 Å². The van der Waals surface area contributed by atoms with Crippen molar-refractivity contribution < 1.29 is 0 Å². The predicted octanol–water partition coefficient (Wildman–Crippen LogP) is 1.97. The molecule has 0 amide bonds. The maximum Gasteiger partial charge on any atom is 0.0540 e. The minimum Gasteiger partial charge on any atom is -0.308 e. The van der Waals surface area contributed by atoms with Gasteiger partial charge in [-0.3, -0.25) is 4.68 Å². The van der Waals surface area contributed by atoms with Crippen LogP contribution in [-0.4, -0.2) is 41.4 Å². The molecule has 2 rings (SSSR count). The molecule has 4 nitrogen and oxygen atoms in total. The zero-order chi connectivity index (χ0) is 14.0. The van der Waals surface area contributed by atoms with Crippen LogP contribution in [0.4, 0.5) is 0 Å². The Morgan fingerprint density at radius 2 is 2.21 bits per heavy atom. The highest BCUT2D eigenvalue weighted by atomic mass is 15.3. The lowest BCUT2D eigenvalue weighted by Gasteiger charge is -2.32. The molecule has 1 aliphatic carbocycles. The van der Waals surface area contributed by atoms with Gasteiger partial charge >= 0.3 is 0 Å². The third kappa shape index (κ3) is 3.37. The van der Waals surface area contributed by atoms with E-state index in [1.165, 1.54) is 30.5 Å². The van der Waals surface area contributed by atoms with Crippen molar-refractivity contribution in [1.82, 2.24) is 20.0 Å². The molecule has 2 unspecified atom stereocenters. The molecule has 4 heteroatoms. The van der Waals surface area contributed by atoms with E-state index >= 15 is 0 Å². The first kappa shape index (κ1) is 14.5. The van der Waals surface area contributed by atoms with Crippen molar-refractivity contribution >= 4 is 0 Å². The standard InChI is InChI=1S/C15H28N4/c1-11(2)14(10-18(3)4)17-13-7-6-8-15-12(13)9-16-19(15)5/h9,11,13-14,17H,6-8,10H2,1-5H3. The SMILES string of the molecule is CC(C)C(CN(C)C)NC1CCCc2c1cnn2C. The van der Waals surface area contributed by atoms with Gasteiger partial charge in [0.05, 0.1) is 6.20 Å². The van der Waals surface area contributed by atoms with Crippen molar-refractivity contribution in [3.05, 3.63) is 17.5 Å². The normalized spacial score (nSPS) is 20.9. The van der Waals surface area contributed by atoms with Crippen LogP contribution in [0.1, 0.15) is 44.0 Å². The number of aromatic nitrogens is 2. The minimum absolute atomic E-state index is 0.477. The lowest BCUT2D eigenvalue weighted by molar-refractivity contribution is 0.260. The lowest BCUT2D eigenvalue weighted by atomic mass is 9.91. The van der Waals surface area contributed by atoms with Gasteiger partial charge in [-0.2, -0.15) is 5.10 Å². The lowest BCUT2D eigenvalue weighted by Crippen LogP contribution is -2.44. The third-order valence-electron chi connectivity index (χ3n) is 4.16. The molecule has 0 fully saturated rings. The molecule has 1 aromatic heterocycles. The Kier molecular flexibility index (Phi) is 4.63. The number of nitrogens with one attached hydrogen (secondary N) is 1. The molecule has 1 aromatic rings. The van der Waals surface area contributed by atoms with Crippen LogP contribution >= 0.6 is 0 Å². The Hall–Kier alpha value is -0.870. The van der Waals surface area contributed by atoms with E-state index in [1.807, 2.05) is 4.68 Å². The van der Waals surface area contributed by atoms with E-state index in [-0.39, 0.29) is 0 Å². The fourth-order valence-electron chi connectivity index (χ4n) is 2.99. The topological polar surface area (TPSA) is 33.1 Å². The number of aryl methyl sites for hydroxylation is 1. The molecule has 0 saturated carbocycles. The minimum atomic E-state index is 0.477. The average Bonchev–Trinajstić information content (AvgIpc) is 2.71. The fourth-order valence-corrected chi connectivity index (χ4v) is 2.99. The highest BCUT2D eigenvalue weighted by molar-refractivity contribution is 5.24. The smallest absolute Gasteiger partial charge is 0.0540 e. The summed E-state index contributed by atoms with van der Waals surface area (Å²) in [7, 11) is 6.35. The third-order valence-corrected chi connectivity index (χ3v) is 4.16. The summed E-state index contributed by atoms with van der Waals surface area (Å²) in [5.74, 6) is 0.643. The van der Waals surface area contributed by atoms with Gasteiger partial charge in [0, 0.05) is 36.9 Å². The van der Waals surface area contributed by atoms with Crippen molar-refractivity contribution in [1.29, 1.82) is 0 Å². The predicted molar refractivity (Wildman–Crippen MR) is 79.2 cm³/mol. The van der Waals surface area contributed by atoms with E-state index in [9.17, 15) is 0 Å². The first-order valence-corrected chi connectivity index (χ1v) is 7.40. The van der Waals surface area contributed by atoms with Crippen molar-refractivity contribution in [3.8, 4) is 0 Å². The van der Waals surface area contributed by atoms with Crippen molar-refractivity contribution in [2.75, 3.05) is 20.6 Å². The van der Waals surface area contributed by atoms with Crippen LogP contribution in [0, 0.1) is 5.92 Å². The van der Waals surface area contributed by atoms with Gasteiger partial charge in [-0.25, -0.2) is 0 Å². The number of fused-ring (bicyclic) bond motifs is 1. The Labute approximate surface area is 117 Å². The van der Waals surface area contributed by atoms with Crippen molar-refractivity contribution in [2.24, 2.45) is 13.0 Å². The Morgan fingerprint density at radius 1 is 1.47 bits per heavy atom. The largest absolute Gasteiger partial charge is 0.308 e. The molecule has 0 bridgehead atoms. The van der Waals surface area contributed by atoms with Gasteiger partial charge in [-0.15, -0.1) is 0 Å². The quantitative estimate of drug-likeness (QED) is 0.883. The summed E-state index contributed by atoms with van der Waals surface area (Å²) in [6.07, 6.45) is 5.72. The van der Waals surface area contributed by atoms with Gasteiger partial charge in [0.25, 0.3) is 0 Å². The highest BCUT2D eigenvalue weighted by Gasteiger charge is 2.26. The number of nitrogens with zero attached hydrogens (tertiary/aromatic N) is 3. The molecule has 0 saturated heterocycles. The Morgan fingerprint density at radius 3 is 2.84 bits per heavy atom. The van der Waals surface area contributed by atoms with Crippen molar-refractivity contribution in [3.63, 3.8) is 0 Å². The summed E-state index contributed by atoms with van der Waals surface area (Å²) in [6, 6.07) is 1.01. The number of rotatable bonds is 5. The van der Waals surface area contributed by atoms with E-state index in [0.29, 0.717) is 18.0 Å². The molecular weight excluding hydrogens is 236 g/mol. The maximum absolute atomic E-state index is 4.43. The Balaban J connectivity index is 2.10. The maximum atomic E-state index is 4.43. The van der Waals surface area contributed by atoms with Crippen LogP contribution in [0.3, 0.4) is 0 Å². The number of hydrogen-bond acceptors (Lipinski definition) is 3. The molecule has 0 aromatic carbocycles. The van der Waals surface area contributed by atoms with Crippen LogP contribution in [0.25, 0.3) is 0 Å². The second kappa shape index (κ2) is 6.06. The van der Waals surface area contributed by atoms with Crippen LogP contribution in [0.2, 0.25) is 0 Å². The van der Waals surface area contributed by atoms with Gasteiger partial charge in [0.15, 0.2) is 0 Å². The van der Waals surface area contributed by atoms with E-state index in [0.717, 1.165) is 6.54 Å². The van der Waals surface area contributed by atoms with Crippen LogP contribution in [0.15, 0.2) is 6.20 Å².